The summed E-state index contributed by atoms with van der Waals surface area (Å²) in [6.45, 7) is 10.0. The standard InChI is InChI=1S/C28H37NO4/c1-17-9-8-12-21-25(31)19(3)18(2)24-22(15-20-10-6-5-7-11-20)29-26(32)28(21,24)23(30)13-14-27(4,33)16-17/h5-8,10-12,17-18,21-22,24-25,31,33H,3,9,13-16H2,1-2,4H3,(H,29,32)/b12-8-/t17-,18+,21-,22-,24-,25+,27+,28-/m0/s1. The SMILES string of the molecule is C=C1[C@@H](C)[C@H]2[C@H](Cc3ccccc3)NC(=O)[C@@]23C(=O)CC[C@@](C)(O)C[C@@H](C)C/C=C\[C@H]3[C@@H]1O. The average molecular weight is 452 g/mol. The number of aliphatic hydroxyl groups is 2. The molecule has 1 aliphatic heterocycles. The van der Waals surface area contributed by atoms with E-state index in [1.807, 2.05) is 49.4 Å². The topological polar surface area (TPSA) is 86.6 Å². The fourth-order valence-electron chi connectivity index (χ4n) is 6.73. The zero-order valence-corrected chi connectivity index (χ0v) is 20.0. The number of aliphatic hydroxyl groups excluding tert-OH is 1. The van der Waals surface area contributed by atoms with Crippen LogP contribution in [0.4, 0.5) is 0 Å². The summed E-state index contributed by atoms with van der Waals surface area (Å²) in [7, 11) is 0. The van der Waals surface area contributed by atoms with Crippen LogP contribution in [0.5, 0.6) is 0 Å². The number of hydrogen-bond acceptors (Lipinski definition) is 4. The second kappa shape index (κ2) is 8.84. The Hall–Kier alpha value is -2.24. The van der Waals surface area contributed by atoms with Gasteiger partial charge in [-0.3, -0.25) is 9.59 Å². The summed E-state index contributed by atoms with van der Waals surface area (Å²) in [5.74, 6) is -1.42. The normalized spacial score (nSPS) is 42.6. The van der Waals surface area contributed by atoms with Crippen LogP contribution in [0.3, 0.4) is 0 Å². The largest absolute Gasteiger partial charge is 0.390 e. The first-order valence-corrected chi connectivity index (χ1v) is 12.2. The van der Waals surface area contributed by atoms with E-state index in [1.54, 1.807) is 6.92 Å². The van der Waals surface area contributed by atoms with Gasteiger partial charge in [0.2, 0.25) is 5.91 Å². The zero-order valence-electron chi connectivity index (χ0n) is 20.0. The highest BCUT2D eigenvalue weighted by Crippen LogP contribution is 2.57. The number of carbonyl (C=O) groups is 2. The Morgan fingerprint density at radius 2 is 1.88 bits per heavy atom. The van der Waals surface area contributed by atoms with E-state index in [9.17, 15) is 19.8 Å². The predicted molar refractivity (Wildman–Crippen MR) is 128 cm³/mol. The molecule has 5 heteroatoms. The number of rotatable bonds is 2. The van der Waals surface area contributed by atoms with Crippen molar-refractivity contribution in [1.29, 1.82) is 0 Å². The Morgan fingerprint density at radius 1 is 1.18 bits per heavy atom. The monoisotopic (exact) mass is 451 g/mol. The maximum absolute atomic E-state index is 14.0. The van der Waals surface area contributed by atoms with Gasteiger partial charge in [-0.1, -0.05) is 62.9 Å². The maximum atomic E-state index is 14.0. The van der Waals surface area contributed by atoms with Crippen LogP contribution in [0.2, 0.25) is 0 Å². The molecule has 1 saturated carbocycles. The van der Waals surface area contributed by atoms with Gasteiger partial charge in [-0.05, 0) is 55.6 Å². The van der Waals surface area contributed by atoms with Gasteiger partial charge in [-0.25, -0.2) is 0 Å². The van der Waals surface area contributed by atoms with Crippen molar-refractivity contribution in [2.24, 2.45) is 29.1 Å². The van der Waals surface area contributed by atoms with Gasteiger partial charge in [0.15, 0.2) is 0 Å². The summed E-state index contributed by atoms with van der Waals surface area (Å²) in [5, 5.41) is 25.4. The molecule has 3 aliphatic rings. The molecule has 178 valence electrons. The van der Waals surface area contributed by atoms with Crippen LogP contribution in [0.1, 0.15) is 52.0 Å². The van der Waals surface area contributed by atoms with Crippen LogP contribution in [0.25, 0.3) is 0 Å². The molecule has 8 atom stereocenters. The Balaban J connectivity index is 1.82. The summed E-state index contributed by atoms with van der Waals surface area (Å²) in [6.07, 6.45) is 5.23. The third-order valence-electron chi connectivity index (χ3n) is 8.34. The molecule has 1 amide bonds. The molecule has 1 saturated heterocycles. The molecule has 1 aromatic rings. The van der Waals surface area contributed by atoms with Gasteiger partial charge in [-0.2, -0.15) is 0 Å². The van der Waals surface area contributed by atoms with Crippen LogP contribution < -0.4 is 5.32 Å². The third-order valence-corrected chi connectivity index (χ3v) is 8.34. The van der Waals surface area contributed by atoms with Gasteiger partial charge in [0, 0.05) is 24.3 Å². The minimum atomic E-state index is -1.36. The number of carbonyl (C=O) groups excluding carboxylic acids is 2. The number of nitrogens with one attached hydrogen (secondary N) is 1. The van der Waals surface area contributed by atoms with E-state index >= 15 is 0 Å². The molecule has 2 aliphatic carbocycles. The van der Waals surface area contributed by atoms with Crippen molar-refractivity contribution >= 4 is 11.7 Å². The molecule has 5 nitrogen and oxygen atoms in total. The second-order valence-electron chi connectivity index (χ2n) is 10.9. The number of benzene rings is 1. The molecule has 1 heterocycles. The highest BCUT2D eigenvalue weighted by Gasteiger charge is 2.68. The van der Waals surface area contributed by atoms with E-state index in [0.29, 0.717) is 31.3 Å². The molecule has 1 spiro atoms. The van der Waals surface area contributed by atoms with Crippen LogP contribution in [-0.2, 0) is 16.0 Å². The highest BCUT2D eigenvalue weighted by molar-refractivity contribution is 6.09. The molecular formula is C28H37NO4. The zero-order chi connectivity index (χ0) is 24.0. The fraction of sp³-hybridized carbons (Fsp3) is 0.571. The molecule has 0 bridgehead atoms. The first-order chi connectivity index (χ1) is 15.6. The van der Waals surface area contributed by atoms with Crippen molar-refractivity contribution < 1.29 is 19.8 Å². The van der Waals surface area contributed by atoms with Crippen molar-refractivity contribution in [1.82, 2.24) is 5.32 Å². The van der Waals surface area contributed by atoms with Crippen molar-refractivity contribution in [3.8, 4) is 0 Å². The van der Waals surface area contributed by atoms with E-state index in [-0.39, 0.29) is 41.9 Å². The lowest BCUT2D eigenvalue weighted by molar-refractivity contribution is -0.152. The molecule has 3 N–H and O–H groups in total. The number of ketones is 1. The van der Waals surface area contributed by atoms with Gasteiger partial charge in [-0.15, -0.1) is 0 Å². The van der Waals surface area contributed by atoms with Gasteiger partial charge in [0.1, 0.15) is 11.2 Å². The van der Waals surface area contributed by atoms with Gasteiger partial charge < -0.3 is 15.5 Å². The lowest BCUT2D eigenvalue weighted by Crippen LogP contribution is -2.58. The second-order valence-corrected chi connectivity index (χ2v) is 10.9. The molecule has 4 rings (SSSR count). The Bertz CT molecular complexity index is 952. The highest BCUT2D eigenvalue weighted by atomic mass is 16.3. The van der Waals surface area contributed by atoms with Crippen LogP contribution in [0, 0.1) is 29.1 Å². The van der Waals surface area contributed by atoms with Gasteiger partial charge in [0.25, 0.3) is 0 Å². The van der Waals surface area contributed by atoms with E-state index in [4.69, 9.17) is 0 Å². The summed E-state index contributed by atoms with van der Waals surface area (Å²) >= 11 is 0. The number of hydrogen-bond donors (Lipinski definition) is 3. The summed E-state index contributed by atoms with van der Waals surface area (Å²) < 4.78 is 0. The summed E-state index contributed by atoms with van der Waals surface area (Å²) in [4.78, 5) is 27.8. The third kappa shape index (κ3) is 4.10. The summed E-state index contributed by atoms with van der Waals surface area (Å²) in [5.41, 5.74) is -0.561. The maximum Gasteiger partial charge on any atom is 0.235 e. The van der Waals surface area contributed by atoms with Crippen molar-refractivity contribution in [3.05, 3.63) is 60.2 Å². The van der Waals surface area contributed by atoms with E-state index in [1.165, 1.54) is 0 Å². The van der Waals surface area contributed by atoms with E-state index in [2.05, 4.69) is 18.8 Å². The van der Waals surface area contributed by atoms with Crippen LogP contribution in [-0.4, -0.2) is 39.7 Å². The van der Waals surface area contributed by atoms with E-state index < -0.39 is 23.0 Å². The van der Waals surface area contributed by atoms with Crippen molar-refractivity contribution in [3.63, 3.8) is 0 Å². The molecule has 33 heavy (non-hydrogen) atoms. The molecular weight excluding hydrogens is 414 g/mol. The fourth-order valence-corrected chi connectivity index (χ4v) is 6.73. The minimum Gasteiger partial charge on any atom is -0.390 e. The van der Waals surface area contributed by atoms with E-state index in [0.717, 1.165) is 5.56 Å². The Morgan fingerprint density at radius 3 is 2.58 bits per heavy atom. The summed E-state index contributed by atoms with van der Waals surface area (Å²) in [6, 6.07) is 9.74. The first kappa shape index (κ1) is 23.9. The predicted octanol–water partition coefficient (Wildman–Crippen LogP) is 3.60. The number of amides is 1. The molecule has 0 radical (unpaired) electrons. The van der Waals surface area contributed by atoms with Crippen LogP contribution in [0.15, 0.2) is 54.6 Å². The van der Waals surface area contributed by atoms with Gasteiger partial charge >= 0.3 is 0 Å². The number of allylic oxidation sites excluding steroid dienone is 1. The molecule has 0 aromatic heterocycles. The Labute approximate surface area is 197 Å². The molecule has 1 aromatic carbocycles. The lowest BCUT2D eigenvalue weighted by atomic mass is 9.51. The Kier molecular flexibility index (Phi) is 6.41. The first-order valence-electron chi connectivity index (χ1n) is 12.2. The average Bonchev–Trinajstić information content (AvgIpc) is 3.04. The van der Waals surface area contributed by atoms with Crippen molar-refractivity contribution in [2.45, 2.75) is 70.6 Å². The molecule has 2 fully saturated rings. The van der Waals surface area contributed by atoms with Crippen LogP contribution >= 0.6 is 0 Å². The number of Topliss-reactive ketones (excluding diaryl/α,β-unsaturated/α-hetero) is 1. The quantitative estimate of drug-likeness (QED) is 0.474. The lowest BCUT2D eigenvalue weighted by Gasteiger charge is -2.49. The van der Waals surface area contributed by atoms with Crippen molar-refractivity contribution in [2.75, 3.05) is 0 Å². The molecule has 0 unspecified atom stereocenters. The van der Waals surface area contributed by atoms with Gasteiger partial charge in [0.05, 0.1) is 11.7 Å². The minimum absolute atomic E-state index is 0.109. The smallest absolute Gasteiger partial charge is 0.235 e.